The highest BCUT2D eigenvalue weighted by molar-refractivity contribution is 7.89. The van der Waals surface area contributed by atoms with Crippen LogP contribution in [-0.2, 0) is 14.8 Å². The Morgan fingerprint density at radius 2 is 2.04 bits per heavy atom. The number of rotatable bonds is 6. The first-order valence-corrected chi connectivity index (χ1v) is 10.1. The van der Waals surface area contributed by atoms with Crippen molar-refractivity contribution in [3.05, 3.63) is 53.3 Å². The number of nitrogens with one attached hydrogen (secondary N) is 2. The number of methoxy groups -OCH3 is 1. The van der Waals surface area contributed by atoms with Crippen LogP contribution in [-0.4, -0.2) is 40.7 Å². The molecule has 0 unspecified atom stereocenters. The summed E-state index contributed by atoms with van der Waals surface area (Å²) < 4.78 is 51.6. The molecular formula is C19H21FN2O5S. The molecule has 1 fully saturated rings. The summed E-state index contributed by atoms with van der Waals surface area (Å²) in [4.78, 5) is 12.5. The lowest BCUT2D eigenvalue weighted by atomic mass is 10.1. The minimum absolute atomic E-state index is 0.00853. The van der Waals surface area contributed by atoms with Crippen LogP contribution in [0.2, 0.25) is 0 Å². The van der Waals surface area contributed by atoms with Gasteiger partial charge in [0.2, 0.25) is 10.0 Å². The van der Waals surface area contributed by atoms with Crippen molar-refractivity contribution in [3.8, 4) is 5.75 Å². The van der Waals surface area contributed by atoms with Gasteiger partial charge in [-0.05, 0) is 55.3 Å². The first-order valence-electron chi connectivity index (χ1n) is 8.66. The molecule has 0 saturated carbocycles. The summed E-state index contributed by atoms with van der Waals surface area (Å²) in [6, 6.07) is 7.87. The molecule has 1 amide bonds. The normalized spacial score (nSPS) is 16.8. The van der Waals surface area contributed by atoms with Crippen molar-refractivity contribution in [1.29, 1.82) is 0 Å². The van der Waals surface area contributed by atoms with Gasteiger partial charge in [-0.15, -0.1) is 0 Å². The second kappa shape index (κ2) is 8.26. The zero-order chi connectivity index (χ0) is 20.3. The summed E-state index contributed by atoms with van der Waals surface area (Å²) in [5.74, 6) is -0.618. The maximum atomic E-state index is 13.4. The average Bonchev–Trinajstić information content (AvgIpc) is 3.16. The van der Waals surface area contributed by atoms with Crippen molar-refractivity contribution in [2.24, 2.45) is 0 Å². The van der Waals surface area contributed by atoms with Gasteiger partial charge in [0, 0.05) is 18.2 Å². The highest BCUT2D eigenvalue weighted by Gasteiger charge is 2.24. The van der Waals surface area contributed by atoms with Crippen molar-refractivity contribution in [2.75, 3.05) is 25.6 Å². The first-order chi connectivity index (χ1) is 13.3. The standard InChI is InChI=1S/C19H21FN2O5S/c1-12-9-13(3-5-16(12)20)19(23)21-17-10-15(4-6-18(17)26-2)28(24,25)22-14-7-8-27-11-14/h3-6,9-10,14,22H,7-8,11H2,1-2H3,(H,21,23)/t14-/m0/s1. The molecule has 150 valence electrons. The second-order valence-electron chi connectivity index (χ2n) is 6.46. The van der Waals surface area contributed by atoms with Gasteiger partial charge in [-0.2, -0.15) is 0 Å². The number of hydrogen-bond acceptors (Lipinski definition) is 5. The van der Waals surface area contributed by atoms with E-state index >= 15 is 0 Å². The van der Waals surface area contributed by atoms with E-state index in [2.05, 4.69) is 10.0 Å². The topological polar surface area (TPSA) is 93.7 Å². The van der Waals surface area contributed by atoms with Gasteiger partial charge in [-0.25, -0.2) is 17.5 Å². The summed E-state index contributed by atoms with van der Waals surface area (Å²) >= 11 is 0. The van der Waals surface area contributed by atoms with E-state index in [0.29, 0.717) is 30.9 Å². The molecule has 1 saturated heterocycles. The van der Waals surface area contributed by atoms with Crippen molar-refractivity contribution < 1.29 is 27.1 Å². The molecule has 7 nitrogen and oxygen atoms in total. The molecule has 1 heterocycles. The maximum Gasteiger partial charge on any atom is 0.255 e. The Kier molecular flexibility index (Phi) is 5.97. The van der Waals surface area contributed by atoms with Gasteiger partial charge in [0.05, 0.1) is 24.3 Å². The van der Waals surface area contributed by atoms with Gasteiger partial charge in [0.15, 0.2) is 0 Å². The zero-order valence-corrected chi connectivity index (χ0v) is 16.3. The summed E-state index contributed by atoms with van der Waals surface area (Å²) in [6.45, 7) is 2.38. The summed E-state index contributed by atoms with van der Waals surface area (Å²) in [5.41, 5.74) is 0.773. The van der Waals surface area contributed by atoms with E-state index in [1.165, 1.54) is 43.5 Å². The van der Waals surface area contributed by atoms with Crippen LogP contribution in [0.5, 0.6) is 5.75 Å². The van der Waals surface area contributed by atoms with E-state index in [-0.39, 0.29) is 22.2 Å². The highest BCUT2D eigenvalue weighted by atomic mass is 32.2. The van der Waals surface area contributed by atoms with Gasteiger partial charge < -0.3 is 14.8 Å². The first kappa shape index (κ1) is 20.2. The number of amides is 1. The van der Waals surface area contributed by atoms with Crippen LogP contribution >= 0.6 is 0 Å². The van der Waals surface area contributed by atoms with Crippen molar-refractivity contribution in [2.45, 2.75) is 24.3 Å². The minimum Gasteiger partial charge on any atom is -0.495 e. The molecule has 2 aromatic rings. The minimum atomic E-state index is -3.79. The van der Waals surface area contributed by atoms with E-state index in [1.807, 2.05) is 0 Å². The number of carbonyl (C=O) groups is 1. The maximum absolute atomic E-state index is 13.4. The van der Waals surface area contributed by atoms with Crippen LogP contribution in [0.15, 0.2) is 41.3 Å². The number of hydrogen-bond donors (Lipinski definition) is 2. The van der Waals surface area contributed by atoms with Crippen LogP contribution in [0.4, 0.5) is 10.1 Å². The van der Waals surface area contributed by atoms with E-state index in [1.54, 1.807) is 6.92 Å². The van der Waals surface area contributed by atoms with Gasteiger partial charge in [-0.3, -0.25) is 4.79 Å². The Balaban J connectivity index is 1.86. The third kappa shape index (κ3) is 4.49. The lowest BCUT2D eigenvalue weighted by Gasteiger charge is -2.15. The molecule has 2 N–H and O–H groups in total. The Hall–Kier alpha value is -2.49. The fourth-order valence-electron chi connectivity index (χ4n) is 2.85. The molecule has 1 aliphatic rings. The second-order valence-corrected chi connectivity index (χ2v) is 8.18. The Bertz CT molecular complexity index is 988. The number of carbonyl (C=O) groups excluding carboxylic acids is 1. The molecular weight excluding hydrogens is 387 g/mol. The monoisotopic (exact) mass is 408 g/mol. The number of halogens is 1. The predicted octanol–water partition coefficient (Wildman–Crippen LogP) is 2.46. The van der Waals surface area contributed by atoms with E-state index in [0.717, 1.165) is 0 Å². The number of sulfonamides is 1. The number of aryl methyl sites for hydroxylation is 1. The van der Waals surface area contributed by atoms with E-state index in [4.69, 9.17) is 9.47 Å². The van der Waals surface area contributed by atoms with Gasteiger partial charge >= 0.3 is 0 Å². The summed E-state index contributed by atoms with van der Waals surface area (Å²) in [5, 5.41) is 2.63. The lowest BCUT2D eigenvalue weighted by molar-refractivity contribution is 0.102. The molecule has 28 heavy (non-hydrogen) atoms. The van der Waals surface area contributed by atoms with Crippen molar-refractivity contribution >= 4 is 21.6 Å². The summed E-state index contributed by atoms with van der Waals surface area (Å²) in [6.07, 6.45) is 0.600. The van der Waals surface area contributed by atoms with Crippen LogP contribution < -0.4 is 14.8 Å². The lowest BCUT2D eigenvalue weighted by Crippen LogP contribution is -2.35. The Labute approximate surface area is 162 Å². The predicted molar refractivity (Wildman–Crippen MR) is 102 cm³/mol. The molecule has 0 spiro atoms. The third-order valence-electron chi connectivity index (χ3n) is 4.40. The number of anilines is 1. The molecule has 0 aromatic heterocycles. The smallest absolute Gasteiger partial charge is 0.255 e. The van der Waals surface area contributed by atoms with Gasteiger partial charge in [-0.1, -0.05) is 0 Å². The molecule has 9 heteroatoms. The molecule has 0 aliphatic carbocycles. The quantitative estimate of drug-likeness (QED) is 0.766. The van der Waals surface area contributed by atoms with Gasteiger partial charge in [0.25, 0.3) is 5.91 Å². The fourth-order valence-corrected chi connectivity index (χ4v) is 4.13. The molecule has 0 radical (unpaired) electrons. The van der Waals surface area contributed by atoms with Crippen LogP contribution in [0.25, 0.3) is 0 Å². The van der Waals surface area contributed by atoms with Gasteiger partial charge in [0.1, 0.15) is 11.6 Å². The molecule has 1 aliphatic heterocycles. The average molecular weight is 408 g/mol. The SMILES string of the molecule is COc1ccc(S(=O)(=O)N[C@H]2CCOC2)cc1NC(=O)c1ccc(F)c(C)c1. The largest absolute Gasteiger partial charge is 0.495 e. The van der Waals surface area contributed by atoms with Crippen molar-refractivity contribution in [3.63, 3.8) is 0 Å². The Morgan fingerprint density at radius 3 is 2.68 bits per heavy atom. The molecule has 0 bridgehead atoms. The number of ether oxygens (including phenoxy) is 2. The van der Waals surface area contributed by atoms with Crippen LogP contribution in [0.1, 0.15) is 22.3 Å². The van der Waals surface area contributed by atoms with Crippen molar-refractivity contribution in [1.82, 2.24) is 4.72 Å². The summed E-state index contributed by atoms with van der Waals surface area (Å²) in [7, 11) is -2.38. The fraction of sp³-hybridized carbons (Fsp3) is 0.316. The highest BCUT2D eigenvalue weighted by Crippen LogP contribution is 2.28. The van der Waals surface area contributed by atoms with E-state index < -0.39 is 21.7 Å². The molecule has 2 aromatic carbocycles. The van der Waals surface area contributed by atoms with Crippen LogP contribution in [0, 0.1) is 12.7 Å². The molecule has 1 atom stereocenters. The Morgan fingerprint density at radius 1 is 1.25 bits per heavy atom. The van der Waals surface area contributed by atoms with Crippen LogP contribution in [0.3, 0.4) is 0 Å². The number of benzene rings is 2. The van der Waals surface area contributed by atoms with E-state index in [9.17, 15) is 17.6 Å². The zero-order valence-electron chi connectivity index (χ0n) is 15.5. The molecule has 3 rings (SSSR count). The third-order valence-corrected chi connectivity index (χ3v) is 5.92.